The average molecular weight is 1110 g/mol. The first-order valence-corrected chi connectivity index (χ1v) is 20.8. The molecule has 0 aromatic carbocycles. The van der Waals surface area contributed by atoms with Gasteiger partial charge in [0, 0.05) is 39.1 Å². The standard InChI is InChI=1S/C14H21ClN5O4P.C10H14N5O5P.C2H5NO2P.K.H3N.U/c1-3-22-25(21,23-4-2)10-6-5-9(24-10)7-20-8-17-13-11(20)12(15)18-14(16)19-13;11-10-13-8-7(9(16)14-10)15(4-12-8)3-5-1-2-6(20-5)21(17,18)19;1-2(4)6(3)5;;;/h8-10H,3-7H2,1-2H3,(H2,16,18,19);4-6H,1-3H2,(H2,17,18,19)(H3,11,13,14,16);6H,1H3,(H-,3,5);;1H3;/q;;-1;+1;;/t9-,10+;5-,6+;;;;/m00..../s1/i/hD. The van der Waals surface area contributed by atoms with Crippen molar-refractivity contribution in [3.05, 3.63) is 33.7 Å². The number of hydrogen-bond donors (Lipinski definition) is 5. The van der Waals surface area contributed by atoms with Gasteiger partial charge in [-0.3, -0.25) is 19.1 Å². The van der Waals surface area contributed by atoms with Crippen molar-refractivity contribution in [2.45, 2.75) is 83.4 Å². The molecule has 11 N–H and O–H groups in total. The number of quaternary nitrogens is 1. The summed E-state index contributed by atoms with van der Waals surface area (Å²) in [7, 11) is -10.3. The second-order valence-corrected chi connectivity index (χ2v) is 16.9. The third kappa shape index (κ3) is 14.3. The number of ether oxygens (including phenoxy) is 2. The molecule has 2 unspecified atom stereocenters. The summed E-state index contributed by atoms with van der Waals surface area (Å²) < 4.78 is 65.3. The van der Waals surface area contributed by atoms with Gasteiger partial charge in [-0.05, 0) is 46.5 Å². The van der Waals surface area contributed by atoms with Crippen molar-refractivity contribution in [3.63, 3.8) is 0 Å². The van der Waals surface area contributed by atoms with E-state index in [-0.39, 0.29) is 136 Å². The normalized spacial score (nSPS) is 21.0. The Morgan fingerprint density at radius 3 is 2.04 bits per heavy atom. The second-order valence-electron chi connectivity index (χ2n) is 11.3. The molecule has 2 fully saturated rings. The maximum atomic E-state index is 12.8. The number of carbonyl (C=O) groups excluding carboxylic acids is 1. The molecule has 300 valence electrons. The number of fused-ring (bicyclic) bond motifs is 2. The van der Waals surface area contributed by atoms with E-state index in [2.05, 4.69) is 35.4 Å². The van der Waals surface area contributed by atoms with Gasteiger partial charge in [0.25, 0.3) is 5.56 Å². The van der Waals surface area contributed by atoms with Crippen LogP contribution in [0.2, 0.25) is 6.56 Å². The number of nitrogen functional groups attached to an aromatic ring is 2. The van der Waals surface area contributed by atoms with E-state index < -0.39 is 52.0 Å². The Bertz CT molecular complexity index is 2090. The molecule has 0 radical (unpaired) electrons. The molecule has 0 amide bonds. The first-order chi connectivity index (χ1) is 25.0. The molecular formula is C26H43ClKN12O11P3U. The molecular weight excluding hydrogens is 1060 g/mol. The van der Waals surface area contributed by atoms with Crippen LogP contribution in [0.1, 0.15) is 46.5 Å². The number of H-pyrrole nitrogens is 1. The number of aromatic nitrogens is 8. The molecule has 29 heteroatoms. The largest absolute Gasteiger partial charge is 1.00 e. The zero-order valence-electron chi connectivity index (χ0n) is 31.7. The quantitative estimate of drug-likeness (QED) is 0.0709. The molecule has 55 heavy (non-hydrogen) atoms. The predicted octanol–water partition coefficient (Wildman–Crippen LogP) is 0.0257. The predicted molar refractivity (Wildman–Crippen MR) is 194 cm³/mol. The molecule has 0 spiro atoms. The zero-order valence-corrected chi connectivity index (χ0v) is 41.5. The van der Waals surface area contributed by atoms with Crippen LogP contribution in [0, 0.1) is 31.1 Å². The minimum atomic E-state index is -4.50. The van der Waals surface area contributed by atoms with Gasteiger partial charge < -0.3 is 69.7 Å². The summed E-state index contributed by atoms with van der Waals surface area (Å²) in [6.45, 7) is 6.05. The van der Waals surface area contributed by atoms with Crippen LogP contribution in [0.25, 0.3) is 27.8 Å². The van der Waals surface area contributed by atoms with E-state index in [0.717, 1.165) is 13.3 Å². The van der Waals surface area contributed by atoms with Crippen LogP contribution in [-0.2, 0) is 50.1 Å². The monoisotopic (exact) mass is 1110 g/mol. The van der Waals surface area contributed by atoms with Crippen LogP contribution in [0.5, 0.6) is 0 Å². The molecule has 0 aliphatic carbocycles. The van der Waals surface area contributed by atoms with E-state index in [1.54, 1.807) is 20.2 Å². The average Bonchev–Trinajstić information content (AvgIpc) is 3.89. The molecule has 6 heterocycles. The Balaban J connectivity index is 0.000000462. The van der Waals surface area contributed by atoms with Crippen molar-refractivity contribution in [2.24, 2.45) is 0 Å². The Morgan fingerprint density at radius 1 is 1.05 bits per heavy atom. The van der Waals surface area contributed by atoms with Gasteiger partial charge in [-0.15, -0.1) is 1.41 Å². The van der Waals surface area contributed by atoms with E-state index in [4.69, 9.17) is 47.9 Å². The third-order valence-electron chi connectivity index (χ3n) is 7.56. The van der Waals surface area contributed by atoms with E-state index in [1.165, 1.54) is 10.9 Å². The van der Waals surface area contributed by atoms with Gasteiger partial charge in [-0.25, -0.2) is 9.97 Å². The summed E-state index contributed by atoms with van der Waals surface area (Å²) in [5, 5.41) is 0.240. The zero-order chi connectivity index (χ0) is 39.1. The van der Waals surface area contributed by atoms with E-state index >= 15 is 0 Å². The van der Waals surface area contributed by atoms with E-state index in [0.29, 0.717) is 43.8 Å². The first kappa shape index (κ1) is 50.7. The van der Waals surface area contributed by atoms with Crippen LogP contribution in [-0.4, -0.2) is 86.6 Å². The van der Waals surface area contributed by atoms with Gasteiger partial charge in [0.15, 0.2) is 40.9 Å². The van der Waals surface area contributed by atoms with Crippen molar-refractivity contribution in [3.8, 4) is 0 Å². The summed E-state index contributed by atoms with van der Waals surface area (Å²) in [5.74, 6) is -1.70. The summed E-state index contributed by atoms with van der Waals surface area (Å²) in [4.78, 5) is 64.3. The minimum absolute atomic E-state index is 0. The van der Waals surface area contributed by atoms with Crippen molar-refractivity contribution in [2.75, 3.05) is 24.7 Å². The van der Waals surface area contributed by atoms with Gasteiger partial charge >= 0.3 is 59.0 Å². The molecule has 4 aromatic rings. The minimum Gasteiger partial charge on any atom is -0.777 e. The van der Waals surface area contributed by atoms with Crippen molar-refractivity contribution in [1.29, 1.82) is 0 Å². The second kappa shape index (κ2) is 23.3. The molecule has 6 atom stereocenters. The number of rotatable bonds is 12. The molecule has 23 nitrogen and oxygen atoms in total. The van der Waals surface area contributed by atoms with E-state index in [1.807, 2.05) is 4.57 Å². The molecule has 6 rings (SSSR count). The van der Waals surface area contributed by atoms with Crippen LogP contribution < -0.4 is 79.5 Å². The summed E-state index contributed by atoms with van der Waals surface area (Å²) in [5.41, 5.74) is 14.1. The van der Waals surface area contributed by atoms with Gasteiger partial charge in [0.1, 0.15) is 11.4 Å². The fourth-order valence-electron chi connectivity index (χ4n) is 5.35. The maximum absolute atomic E-state index is 12.8. The van der Waals surface area contributed by atoms with Crippen molar-refractivity contribution >= 4 is 74.5 Å². The number of hydrogen-bond acceptors (Lipinski definition) is 17. The number of halogens is 1. The fraction of sp³-hybridized carbons (Fsp3) is 0.577. The Kier molecular flexibility index (Phi) is 21.5. The summed E-state index contributed by atoms with van der Waals surface area (Å²) >= 11 is 6.16. The third-order valence-corrected chi connectivity index (χ3v) is 11.9. The van der Waals surface area contributed by atoms with Crippen LogP contribution >= 0.6 is 34.7 Å². The fourth-order valence-corrected chi connectivity index (χ4v) is 8.34. The molecule has 2 aliphatic heterocycles. The number of carbonyl (C=O) groups is 1. The van der Waals surface area contributed by atoms with Crippen molar-refractivity contribution in [1.82, 2.24) is 45.2 Å². The maximum Gasteiger partial charge on any atom is 1.00 e. The topological polar surface area (TPSA) is 368 Å². The van der Waals surface area contributed by atoms with Crippen LogP contribution in [0.3, 0.4) is 0 Å². The van der Waals surface area contributed by atoms with Gasteiger partial charge in [0.05, 0.1) is 51.2 Å². The number of nitrogens with one attached hydrogen (secondary N) is 2. The smallest absolute Gasteiger partial charge is 0.777 e. The number of aromatic amines is 1. The van der Waals surface area contributed by atoms with Gasteiger partial charge in [-0.2, -0.15) is 15.0 Å². The summed E-state index contributed by atoms with van der Waals surface area (Å²) in [6, 6.07) is 0. The molecule has 2 saturated heterocycles. The number of nitrogens with zero attached hydrogens (tertiary/aromatic N) is 7. The van der Waals surface area contributed by atoms with Crippen LogP contribution in [0.15, 0.2) is 17.4 Å². The van der Waals surface area contributed by atoms with Gasteiger partial charge in [-0.1, -0.05) is 11.6 Å². The Labute approximate surface area is 388 Å². The van der Waals surface area contributed by atoms with E-state index in [9.17, 15) is 28.2 Å². The number of imidazole rings is 2. The molecule has 4 aromatic heterocycles. The molecule has 0 saturated carbocycles. The van der Waals surface area contributed by atoms with Crippen molar-refractivity contribution < 1.29 is 131 Å². The SMILES string of the molecule is CCOP(=O)(OCC)[C@@H]1CC[C@@H](Cn2cnc3nc(N)nc(Cl)c32)O1.Nc1nc2ncn(C[C@@H]3CC[C@@H](P(=O)([O-])O)O3)c2c(=O)[nH]1.[2H][N-][PH](=O)C(C)=O.[K+].[NH4+].[U]. The Hall–Kier alpha value is -0.482. The van der Waals surface area contributed by atoms with Gasteiger partial charge in [0.2, 0.25) is 11.9 Å². The number of anilines is 2. The Morgan fingerprint density at radius 2 is 1.56 bits per heavy atom. The van der Waals surface area contributed by atoms with Crippen LogP contribution in [0.4, 0.5) is 11.9 Å². The molecule has 0 bridgehead atoms. The summed E-state index contributed by atoms with van der Waals surface area (Å²) in [6.07, 6.45) is 4.44. The molecule has 2 aliphatic rings. The first-order valence-electron chi connectivity index (χ1n) is 16.2. The number of nitrogens with two attached hydrogens (primary N) is 2.